The van der Waals surface area contributed by atoms with E-state index in [-0.39, 0.29) is 5.91 Å². The van der Waals surface area contributed by atoms with Crippen LogP contribution in [0.4, 0.5) is 5.82 Å². The predicted octanol–water partition coefficient (Wildman–Crippen LogP) is 3.65. The number of carbonyl (C=O) groups is 1. The molecule has 96 valence electrons. The zero-order valence-corrected chi connectivity index (χ0v) is 10.7. The van der Waals surface area contributed by atoms with Gasteiger partial charge in [-0.25, -0.2) is 0 Å². The molecule has 0 aliphatic carbocycles. The molecular weight excluding hydrogens is 264 g/mol. The minimum absolute atomic E-state index is 0.323. The second kappa shape index (κ2) is 6.02. The zero-order valence-electron chi connectivity index (χ0n) is 9.97. The Bertz CT molecular complexity index is 597. The number of amides is 1. The quantitative estimate of drug-likeness (QED) is 0.866. The zero-order chi connectivity index (χ0) is 13.7. The lowest BCUT2D eigenvalue weighted by Gasteiger charge is -2.06. The smallest absolute Gasteiger partial charge is 0.248 e. The van der Waals surface area contributed by atoms with E-state index in [1.807, 2.05) is 0 Å². The average molecular weight is 275 g/mol. The van der Waals surface area contributed by atoms with Crippen molar-refractivity contribution in [3.8, 4) is 11.6 Å². The van der Waals surface area contributed by atoms with Crippen molar-refractivity contribution in [2.75, 3.05) is 5.32 Å². The van der Waals surface area contributed by atoms with Crippen LogP contribution in [0, 0.1) is 0 Å². The van der Waals surface area contributed by atoms with E-state index in [9.17, 15) is 4.79 Å². The maximum absolute atomic E-state index is 11.2. The molecule has 0 saturated heterocycles. The number of ether oxygens (including phenoxy) is 1. The Morgan fingerprint density at radius 2 is 2.00 bits per heavy atom. The van der Waals surface area contributed by atoms with Gasteiger partial charge in [-0.3, -0.25) is 4.79 Å². The van der Waals surface area contributed by atoms with Crippen molar-refractivity contribution < 1.29 is 9.53 Å². The summed E-state index contributed by atoms with van der Waals surface area (Å²) in [6.07, 6.45) is 1.18. The second-order valence-electron chi connectivity index (χ2n) is 3.61. The molecule has 1 aromatic carbocycles. The molecule has 0 spiro atoms. The number of nitrogens with zero attached hydrogens (tertiary/aromatic N) is 1. The highest BCUT2D eigenvalue weighted by Crippen LogP contribution is 2.22. The van der Waals surface area contributed by atoms with Gasteiger partial charge in [-0.2, -0.15) is 4.98 Å². The summed E-state index contributed by atoms with van der Waals surface area (Å²) in [6.45, 7) is 3.37. The standard InChI is InChI=1S/C14H11ClN2O2/c1-2-13(18)16-12-4-3-5-14(17-12)19-11-8-6-10(15)7-9-11/h2-9H,1H2,(H,16,17,18). The summed E-state index contributed by atoms with van der Waals surface area (Å²) >= 11 is 5.79. The van der Waals surface area contributed by atoms with E-state index in [1.54, 1.807) is 42.5 Å². The topological polar surface area (TPSA) is 51.2 Å². The first kappa shape index (κ1) is 13.1. The molecule has 4 nitrogen and oxygen atoms in total. The van der Waals surface area contributed by atoms with Gasteiger partial charge >= 0.3 is 0 Å². The summed E-state index contributed by atoms with van der Waals surface area (Å²) in [5.41, 5.74) is 0. The molecule has 0 atom stereocenters. The van der Waals surface area contributed by atoms with Gasteiger partial charge in [0.05, 0.1) is 0 Å². The van der Waals surface area contributed by atoms with Gasteiger partial charge in [-0.15, -0.1) is 0 Å². The Hall–Kier alpha value is -2.33. The molecule has 0 aliphatic heterocycles. The minimum atomic E-state index is -0.323. The molecule has 1 aromatic heterocycles. The van der Waals surface area contributed by atoms with Crippen LogP contribution in [0.3, 0.4) is 0 Å². The highest BCUT2D eigenvalue weighted by atomic mass is 35.5. The molecule has 0 unspecified atom stereocenters. The number of rotatable bonds is 4. The van der Waals surface area contributed by atoms with Crippen LogP contribution < -0.4 is 10.1 Å². The molecule has 0 aliphatic rings. The molecule has 0 fully saturated rings. The molecule has 0 bridgehead atoms. The van der Waals surface area contributed by atoms with Gasteiger partial charge < -0.3 is 10.1 Å². The second-order valence-corrected chi connectivity index (χ2v) is 4.05. The van der Waals surface area contributed by atoms with Gasteiger partial charge in [0.1, 0.15) is 11.6 Å². The summed E-state index contributed by atoms with van der Waals surface area (Å²) in [6, 6.07) is 12.0. The van der Waals surface area contributed by atoms with Crippen molar-refractivity contribution in [1.29, 1.82) is 0 Å². The Kier molecular flexibility index (Phi) is 4.15. The van der Waals surface area contributed by atoms with Gasteiger partial charge in [0.15, 0.2) is 0 Å². The SMILES string of the molecule is C=CC(=O)Nc1cccc(Oc2ccc(Cl)cc2)n1. The van der Waals surface area contributed by atoms with E-state index >= 15 is 0 Å². The number of pyridine rings is 1. The van der Waals surface area contributed by atoms with Crippen LogP contribution in [-0.4, -0.2) is 10.9 Å². The summed E-state index contributed by atoms with van der Waals surface area (Å²) in [7, 11) is 0. The summed E-state index contributed by atoms with van der Waals surface area (Å²) < 4.78 is 5.54. The summed E-state index contributed by atoms with van der Waals surface area (Å²) in [4.78, 5) is 15.3. The number of halogens is 1. The third-order valence-electron chi connectivity index (χ3n) is 2.20. The molecule has 5 heteroatoms. The van der Waals surface area contributed by atoms with Crippen LogP contribution in [0.2, 0.25) is 5.02 Å². The Morgan fingerprint density at radius 1 is 1.26 bits per heavy atom. The Balaban J connectivity index is 2.12. The fourth-order valence-corrected chi connectivity index (χ4v) is 1.47. The van der Waals surface area contributed by atoms with Crippen molar-refractivity contribution in [3.63, 3.8) is 0 Å². The fourth-order valence-electron chi connectivity index (χ4n) is 1.34. The van der Waals surface area contributed by atoms with Crippen molar-refractivity contribution in [2.24, 2.45) is 0 Å². The number of nitrogens with one attached hydrogen (secondary N) is 1. The molecule has 19 heavy (non-hydrogen) atoms. The molecule has 2 aromatic rings. The van der Waals surface area contributed by atoms with Crippen LogP contribution in [0.5, 0.6) is 11.6 Å². The van der Waals surface area contributed by atoms with Crippen molar-refractivity contribution in [2.45, 2.75) is 0 Å². The van der Waals surface area contributed by atoms with E-state index in [1.165, 1.54) is 6.08 Å². The van der Waals surface area contributed by atoms with Crippen LogP contribution in [0.25, 0.3) is 0 Å². The minimum Gasteiger partial charge on any atom is -0.439 e. The third-order valence-corrected chi connectivity index (χ3v) is 2.45. The number of benzene rings is 1. The molecule has 2 rings (SSSR count). The van der Waals surface area contributed by atoms with E-state index in [0.717, 1.165) is 0 Å². The molecule has 0 saturated carbocycles. The predicted molar refractivity (Wildman–Crippen MR) is 74.6 cm³/mol. The van der Waals surface area contributed by atoms with Gasteiger partial charge in [0.2, 0.25) is 11.8 Å². The Morgan fingerprint density at radius 3 is 2.68 bits per heavy atom. The normalized spacial score (nSPS) is 9.74. The summed E-state index contributed by atoms with van der Waals surface area (Å²) in [5, 5.41) is 3.19. The molecule has 0 radical (unpaired) electrons. The fraction of sp³-hybridized carbons (Fsp3) is 0. The number of carbonyl (C=O) groups excluding carboxylic acids is 1. The molecule has 1 amide bonds. The molecule has 1 N–H and O–H groups in total. The van der Waals surface area contributed by atoms with Gasteiger partial charge in [-0.1, -0.05) is 24.2 Å². The lowest BCUT2D eigenvalue weighted by Crippen LogP contribution is -2.08. The number of aromatic nitrogens is 1. The van der Waals surface area contributed by atoms with E-state index in [0.29, 0.717) is 22.5 Å². The largest absolute Gasteiger partial charge is 0.439 e. The van der Waals surface area contributed by atoms with E-state index in [2.05, 4.69) is 16.9 Å². The number of hydrogen-bond donors (Lipinski definition) is 1. The van der Waals surface area contributed by atoms with Gasteiger partial charge in [-0.05, 0) is 36.4 Å². The van der Waals surface area contributed by atoms with E-state index in [4.69, 9.17) is 16.3 Å². The van der Waals surface area contributed by atoms with Crippen LogP contribution in [0.15, 0.2) is 55.1 Å². The van der Waals surface area contributed by atoms with Gasteiger partial charge in [0, 0.05) is 11.1 Å². The van der Waals surface area contributed by atoms with Crippen LogP contribution in [0.1, 0.15) is 0 Å². The highest BCUT2D eigenvalue weighted by Gasteiger charge is 2.02. The first-order valence-electron chi connectivity index (χ1n) is 5.51. The first-order valence-corrected chi connectivity index (χ1v) is 5.89. The highest BCUT2D eigenvalue weighted by molar-refractivity contribution is 6.30. The maximum Gasteiger partial charge on any atom is 0.248 e. The van der Waals surface area contributed by atoms with Crippen LogP contribution in [-0.2, 0) is 4.79 Å². The average Bonchev–Trinajstić information content (AvgIpc) is 2.42. The van der Waals surface area contributed by atoms with Crippen LogP contribution >= 0.6 is 11.6 Å². The number of anilines is 1. The van der Waals surface area contributed by atoms with E-state index < -0.39 is 0 Å². The summed E-state index contributed by atoms with van der Waals surface area (Å²) in [5.74, 6) is 1.07. The number of hydrogen-bond acceptors (Lipinski definition) is 3. The third kappa shape index (κ3) is 3.82. The lowest BCUT2D eigenvalue weighted by atomic mass is 10.3. The monoisotopic (exact) mass is 274 g/mol. The van der Waals surface area contributed by atoms with Gasteiger partial charge in [0.25, 0.3) is 0 Å². The lowest BCUT2D eigenvalue weighted by molar-refractivity contribution is -0.111. The maximum atomic E-state index is 11.2. The Labute approximate surface area is 115 Å². The molecular formula is C14H11ClN2O2. The first-order chi connectivity index (χ1) is 9.17. The van der Waals surface area contributed by atoms with Crippen molar-refractivity contribution >= 4 is 23.3 Å². The van der Waals surface area contributed by atoms with Crippen molar-refractivity contribution in [1.82, 2.24) is 4.98 Å². The molecule has 1 heterocycles. The van der Waals surface area contributed by atoms with Crippen molar-refractivity contribution in [3.05, 3.63) is 60.1 Å².